The molecular weight excluding hydrogens is 452 g/mol. The highest BCUT2D eigenvalue weighted by molar-refractivity contribution is 5.91. The van der Waals surface area contributed by atoms with E-state index < -0.39 is 48.6 Å². The highest BCUT2D eigenvalue weighted by Gasteiger charge is 2.50. The number of ether oxygens (including phenoxy) is 4. The number of aliphatic hydroxyl groups excluding tert-OH is 1. The summed E-state index contributed by atoms with van der Waals surface area (Å²) in [6.45, 7) is 1.56. The molecular formula is C27H24O8. The molecule has 1 fully saturated rings. The lowest BCUT2D eigenvalue weighted by atomic mass is 9.98. The number of rotatable bonds is 6. The standard InChI is InChI=1S/C27H24O8/c1-17-21(33-24(28)18-11-5-2-6-12-18)22(34-25(29)19-13-7-3-8-14-19)23(27(31)32-17)35-26(30)20-15-9-4-10-16-20/h2-17,21-23,27,31H,1H3/t17-,21-,22+,23+,27?/m1/s1. The molecule has 1 heterocycles. The zero-order valence-electron chi connectivity index (χ0n) is 18.9. The zero-order chi connectivity index (χ0) is 24.8. The molecule has 35 heavy (non-hydrogen) atoms. The van der Waals surface area contributed by atoms with E-state index in [9.17, 15) is 19.5 Å². The number of carbonyl (C=O) groups is 3. The molecule has 3 aromatic carbocycles. The summed E-state index contributed by atoms with van der Waals surface area (Å²) < 4.78 is 22.4. The second-order valence-electron chi connectivity index (χ2n) is 7.94. The number of hydrogen-bond acceptors (Lipinski definition) is 8. The second kappa shape index (κ2) is 10.9. The molecule has 4 rings (SSSR count). The van der Waals surface area contributed by atoms with Gasteiger partial charge in [0.15, 0.2) is 24.6 Å². The van der Waals surface area contributed by atoms with Gasteiger partial charge in [0, 0.05) is 0 Å². The van der Waals surface area contributed by atoms with Crippen molar-refractivity contribution in [3.8, 4) is 0 Å². The summed E-state index contributed by atoms with van der Waals surface area (Å²) in [5.74, 6) is -2.18. The lowest BCUT2D eigenvalue weighted by Gasteiger charge is -2.42. The largest absolute Gasteiger partial charge is 0.452 e. The molecule has 0 aromatic heterocycles. The first-order valence-corrected chi connectivity index (χ1v) is 11.1. The van der Waals surface area contributed by atoms with Gasteiger partial charge >= 0.3 is 17.9 Å². The monoisotopic (exact) mass is 476 g/mol. The van der Waals surface area contributed by atoms with Gasteiger partial charge in [-0.25, -0.2) is 14.4 Å². The van der Waals surface area contributed by atoms with Crippen LogP contribution in [0.4, 0.5) is 0 Å². The fourth-order valence-electron chi connectivity index (χ4n) is 3.71. The van der Waals surface area contributed by atoms with Crippen LogP contribution in [0.15, 0.2) is 91.0 Å². The Morgan fingerprint density at radius 2 is 0.943 bits per heavy atom. The number of carbonyl (C=O) groups excluding carboxylic acids is 3. The molecule has 5 atom stereocenters. The Morgan fingerprint density at radius 1 is 0.600 bits per heavy atom. The van der Waals surface area contributed by atoms with Crippen LogP contribution in [-0.4, -0.2) is 53.7 Å². The van der Waals surface area contributed by atoms with Crippen LogP contribution >= 0.6 is 0 Å². The van der Waals surface area contributed by atoms with E-state index in [4.69, 9.17) is 18.9 Å². The van der Waals surface area contributed by atoms with E-state index in [0.29, 0.717) is 0 Å². The minimum Gasteiger partial charge on any atom is -0.452 e. The highest BCUT2D eigenvalue weighted by atomic mass is 16.7. The maximum atomic E-state index is 12.9. The van der Waals surface area contributed by atoms with Crippen molar-refractivity contribution in [2.24, 2.45) is 0 Å². The molecule has 180 valence electrons. The fraction of sp³-hybridized carbons (Fsp3) is 0.222. The Bertz CT molecular complexity index is 1080. The maximum Gasteiger partial charge on any atom is 0.338 e. The molecule has 0 bridgehead atoms. The second-order valence-corrected chi connectivity index (χ2v) is 7.94. The maximum absolute atomic E-state index is 12.9. The van der Waals surface area contributed by atoms with Crippen LogP contribution < -0.4 is 0 Å². The van der Waals surface area contributed by atoms with Gasteiger partial charge in [0.25, 0.3) is 0 Å². The first-order chi connectivity index (χ1) is 16.9. The van der Waals surface area contributed by atoms with Crippen LogP contribution in [0.25, 0.3) is 0 Å². The average Bonchev–Trinajstić information content (AvgIpc) is 2.89. The van der Waals surface area contributed by atoms with Crippen LogP contribution in [0, 0.1) is 0 Å². The zero-order valence-corrected chi connectivity index (χ0v) is 18.9. The molecule has 1 saturated heterocycles. The van der Waals surface area contributed by atoms with Crippen molar-refractivity contribution in [1.82, 2.24) is 0 Å². The van der Waals surface area contributed by atoms with Crippen LogP contribution in [-0.2, 0) is 18.9 Å². The van der Waals surface area contributed by atoms with Gasteiger partial charge in [0.1, 0.15) is 0 Å². The van der Waals surface area contributed by atoms with Crippen molar-refractivity contribution < 1.29 is 38.4 Å². The average molecular weight is 476 g/mol. The SMILES string of the molecule is C[C@H]1OC(O)[C@@H](OC(=O)c2ccccc2)[C@@H](OC(=O)c2ccccc2)[C@@H]1OC(=O)c1ccccc1. The van der Waals surface area contributed by atoms with Crippen LogP contribution in [0.1, 0.15) is 38.0 Å². The molecule has 8 heteroatoms. The predicted octanol–water partition coefficient (Wildman–Crippen LogP) is 3.40. The quantitative estimate of drug-likeness (QED) is 0.426. The predicted molar refractivity (Wildman–Crippen MR) is 123 cm³/mol. The van der Waals surface area contributed by atoms with Crippen molar-refractivity contribution in [1.29, 1.82) is 0 Å². The van der Waals surface area contributed by atoms with Gasteiger partial charge in [-0.3, -0.25) is 0 Å². The molecule has 0 amide bonds. The summed E-state index contributed by atoms with van der Waals surface area (Å²) in [5, 5.41) is 10.6. The molecule has 8 nitrogen and oxygen atoms in total. The van der Waals surface area contributed by atoms with Crippen molar-refractivity contribution in [2.45, 2.75) is 37.6 Å². The third-order valence-electron chi connectivity index (χ3n) is 5.50. The summed E-state index contributed by atoms with van der Waals surface area (Å²) in [7, 11) is 0. The normalized spacial score (nSPS) is 23.7. The molecule has 0 aliphatic carbocycles. The molecule has 1 aliphatic rings. The summed E-state index contributed by atoms with van der Waals surface area (Å²) in [6, 6.07) is 24.6. The molecule has 1 aliphatic heterocycles. The van der Waals surface area contributed by atoms with Crippen molar-refractivity contribution in [3.05, 3.63) is 108 Å². The van der Waals surface area contributed by atoms with Gasteiger partial charge in [0.2, 0.25) is 0 Å². The first-order valence-electron chi connectivity index (χ1n) is 11.1. The van der Waals surface area contributed by atoms with E-state index in [1.54, 1.807) is 97.9 Å². The molecule has 1 N–H and O–H groups in total. The van der Waals surface area contributed by atoms with Crippen LogP contribution in [0.5, 0.6) is 0 Å². The Balaban J connectivity index is 1.63. The molecule has 0 radical (unpaired) electrons. The van der Waals surface area contributed by atoms with E-state index in [-0.39, 0.29) is 16.7 Å². The lowest BCUT2D eigenvalue weighted by molar-refractivity contribution is -0.275. The summed E-state index contributed by atoms with van der Waals surface area (Å²) >= 11 is 0. The summed E-state index contributed by atoms with van der Waals surface area (Å²) in [4.78, 5) is 38.5. The molecule has 0 spiro atoms. The highest BCUT2D eigenvalue weighted by Crippen LogP contribution is 2.29. The number of aliphatic hydroxyl groups is 1. The Labute approximate surface area is 202 Å². The van der Waals surface area contributed by atoms with Crippen molar-refractivity contribution >= 4 is 17.9 Å². The number of benzene rings is 3. The minimum atomic E-state index is -1.63. The third kappa shape index (κ3) is 5.74. The van der Waals surface area contributed by atoms with E-state index in [0.717, 1.165) is 0 Å². The topological polar surface area (TPSA) is 108 Å². The van der Waals surface area contributed by atoms with E-state index in [1.165, 1.54) is 0 Å². The van der Waals surface area contributed by atoms with Gasteiger partial charge in [-0.05, 0) is 43.3 Å². The minimum absolute atomic E-state index is 0.226. The Kier molecular flexibility index (Phi) is 7.54. The third-order valence-corrected chi connectivity index (χ3v) is 5.50. The first kappa shape index (κ1) is 24.1. The van der Waals surface area contributed by atoms with Crippen molar-refractivity contribution in [2.75, 3.05) is 0 Å². The summed E-state index contributed by atoms with van der Waals surface area (Å²) in [6.07, 6.45) is -6.48. The molecule has 3 aromatic rings. The van der Waals surface area contributed by atoms with Gasteiger partial charge in [-0.2, -0.15) is 0 Å². The van der Waals surface area contributed by atoms with Crippen molar-refractivity contribution in [3.63, 3.8) is 0 Å². The summed E-state index contributed by atoms with van der Waals surface area (Å²) in [5.41, 5.74) is 0.739. The molecule has 1 unspecified atom stereocenters. The lowest BCUT2D eigenvalue weighted by Crippen LogP contribution is -2.60. The molecule has 0 saturated carbocycles. The van der Waals surface area contributed by atoms with E-state index in [1.807, 2.05) is 0 Å². The smallest absolute Gasteiger partial charge is 0.338 e. The van der Waals surface area contributed by atoms with Crippen LogP contribution in [0.3, 0.4) is 0 Å². The van der Waals surface area contributed by atoms with Gasteiger partial charge in [-0.1, -0.05) is 54.6 Å². The van der Waals surface area contributed by atoms with Gasteiger partial charge < -0.3 is 24.1 Å². The fourth-order valence-corrected chi connectivity index (χ4v) is 3.71. The van der Waals surface area contributed by atoms with Gasteiger partial charge in [0.05, 0.1) is 22.8 Å². The number of hydrogen-bond donors (Lipinski definition) is 1. The van der Waals surface area contributed by atoms with Gasteiger partial charge in [-0.15, -0.1) is 0 Å². The van der Waals surface area contributed by atoms with Crippen LogP contribution in [0.2, 0.25) is 0 Å². The number of esters is 3. The van der Waals surface area contributed by atoms with E-state index >= 15 is 0 Å². The Morgan fingerprint density at radius 3 is 1.34 bits per heavy atom. The Hall–Kier alpha value is -4.01. The van der Waals surface area contributed by atoms with E-state index in [2.05, 4.69) is 0 Å².